The van der Waals surface area contributed by atoms with Gasteiger partial charge in [-0.1, -0.05) is 18.9 Å². The van der Waals surface area contributed by atoms with Crippen LogP contribution in [0.15, 0.2) is 23.6 Å². The summed E-state index contributed by atoms with van der Waals surface area (Å²) in [6.45, 7) is 0.898. The lowest BCUT2D eigenvalue weighted by molar-refractivity contribution is 0.0684. The van der Waals surface area contributed by atoms with Crippen molar-refractivity contribution in [3.63, 3.8) is 0 Å². The zero-order chi connectivity index (χ0) is 14.2. The van der Waals surface area contributed by atoms with Crippen molar-refractivity contribution in [3.05, 3.63) is 29.3 Å². The molecular formula is C16H19N3OS. The van der Waals surface area contributed by atoms with E-state index >= 15 is 0 Å². The fourth-order valence-corrected chi connectivity index (χ4v) is 4.49. The van der Waals surface area contributed by atoms with Crippen LogP contribution in [-0.4, -0.2) is 33.6 Å². The second kappa shape index (κ2) is 5.30. The lowest BCUT2D eigenvalue weighted by Crippen LogP contribution is -2.39. The Kier molecular flexibility index (Phi) is 3.30. The minimum Gasteiger partial charge on any atom is -0.334 e. The molecule has 5 heteroatoms. The van der Waals surface area contributed by atoms with Crippen LogP contribution in [0.3, 0.4) is 0 Å². The lowest BCUT2D eigenvalue weighted by Gasteiger charge is -2.31. The molecule has 2 aromatic rings. The first-order chi connectivity index (χ1) is 10.3. The normalized spacial score (nSPS) is 25.0. The number of rotatable bonds is 2. The van der Waals surface area contributed by atoms with Crippen LogP contribution in [0.4, 0.5) is 0 Å². The van der Waals surface area contributed by atoms with E-state index in [-0.39, 0.29) is 5.91 Å². The predicted octanol–water partition coefficient (Wildman–Crippen LogP) is 3.54. The first-order valence-electron chi connectivity index (χ1n) is 7.73. The summed E-state index contributed by atoms with van der Waals surface area (Å²) in [7, 11) is 0. The van der Waals surface area contributed by atoms with Gasteiger partial charge in [-0.05, 0) is 42.7 Å². The molecule has 2 aromatic heterocycles. The van der Waals surface area contributed by atoms with Gasteiger partial charge in [0, 0.05) is 12.6 Å². The molecule has 2 aliphatic rings. The third kappa shape index (κ3) is 2.29. The fourth-order valence-electron chi connectivity index (χ4n) is 3.79. The molecule has 1 saturated carbocycles. The summed E-state index contributed by atoms with van der Waals surface area (Å²) < 4.78 is 0. The number of hydrogen-bond acceptors (Lipinski definition) is 3. The van der Waals surface area contributed by atoms with Crippen molar-refractivity contribution < 1.29 is 4.79 Å². The molecule has 1 aliphatic heterocycles. The Morgan fingerprint density at radius 2 is 2.24 bits per heavy atom. The van der Waals surface area contributed by atoms with Gasteiger partial charge in [-0.3, -0.25) is 9.89 Å². The van der Waals surface area contributed by atoms with Gasteiger partial charge in [-0.25, -0.2) is 0 Å². The Morgan fingerprint density at radius 3 is 3.10 bits per heavy atom. The summed E-state index contributed by atoms with van der Waals surface area (Å²) in [6, 6.07) is 6.40. The number of fused-ring (bicyclic) bond motifs is 1. The van der Waals surface area contributed by atoms with Gasteiger partial charge < -0.3 is 4.90 Å². The second-order valence-corrected chi connectivity index (χ2v) is 6.99. The molecule has 2 unspecified atom stereocenters. The maximum atomic E-state index is 12.7. The van der Waals surface area contributed by atoms with E-state index in [1.54, 1.807) is 11.3 Å². The second-order valence-electron chi connectivity index (χ2n) is 6.04. The van der Waals surface area contributed by atoms with Gasteiger partial charge in [0.05, 0.1) is 10.6 Å². The van der Waals surface area contributed by atoms with Gasteiger partial charge in [0.1, 0.15) is 0 Å². The Balaban J connectivity index is 1.55. The number of hydrogen-bond donors (Lipinski definition) is 1. The highest BCUT2D eigenvalue weighted by molar-refractivity contribution is 7.13. The van der Waals surface area contributed by atoms with Gasteiger partial charge in [0.2, 0.25) is 0 Å². The van der Waals surface area contributed by atoms with Gasteiger partial charge >= 0.3 is 0 Å². The van der Waals surface area contributed by atoms with Crippen LogP contribution in [0.2, 0.25) is 0 Å². The van der Waals surface area contributed by atoms with E-state index in [2.05, 4.69) is 15.1 Å². The van der Waals surface area contributed by atoms with Crippen LogP contribution in [0.5, 0.6) is 0 Å². The number of carbonyl (C=O) groups is 1. The van der Waals surface area contributed by atoms with Crippen molar-refractivity contribution in [1.82, 2.24) is 15.1 Å². The molecular weight excluding hydrogens is 282 g/mol. The van der Waals surface area contributed by atoms with Crippen molar-refractivity contribution in [1.29, 1.82) is 0 Å². The molecule has 4 nitrogen and oxygen atoms in total. The largest absolute Gasteiger partial charge is 0.334 e. The van der Waals surface area contributed by atoms with E-state index in [1.165, 1.54) is 32.1 Å². The van der Waals surface area contributed by atoms with Crippen molar-refractivity contribution >= 4 is 17.2 Å². The maximum Gasteiger partial charge on any atom is 0.274 e. The summed E-state index contributed by atoms with van der Waals surface area (Å²) in [4.78, 5) is 15.9. The highest BCUT2D eigenvalue weighted by Crippen LogP contribution is 2.37. The van der Waals surface area contributed by atoms with E-state index < -0.39 is 0 Å². The van der Waals surface area contributed by atoms with Gasteiger partial charge in [-0.15, -0.1) is 11.3 Å². The first kappa shape index (κ1) is 13.1. The standard InChI is InChI=1S/C16H19N3OS/c20-16(19-8-7-11-4-1-2-5-14(11)19)13-10-12(17-18-13)15-6-3-9-21-15/h3,6,9-11,14H,1-2,4-5,7-8H2,(H,17,18). The average Bonchev–Trinajstić information content (AvgIpc) is 3.25. The average molecular weight is 301 g/mol. The van der Waals surface area contributed by atoms with E-state index in [4.69, 9.17) is 0 Å². The number of aromatic nitrogens is 2. The third-order valence-electron chi connectivity index (χ3n) is 4.85. The lowest BCUT2D eigenvalue weighted by atomic mass is 9.85. The molecule has 1 N–H and O–H groups in total. The topological polar surface area (TPSA) is 49.0 Å². The molecule has 2 fully saturated rings. The van der Waals surface area contributed by atoms with E-state index in [0.717, 1.165) is 23.0 Å². The fraction of sp³-hybridized carbons (Fsp3) is 0.500. The number of likely N-dealkylation sites (tertiary alicyclic amines) is 1. The monoisotopic (exact) mass is 301 g/mol. The highest BCUT2D eigenvalue weighted by atomic mass is 32.1. The number of nitrogens with one attached hydrogen (secondary N) is 1. The third-order valence-corrected chi connectivity index (χ3v) is 5.76. The Labute approximate surface area is 128 Å². The maximum absolute atomic E-state index is 12.7. The highest BCUT2D eigenvalue weighted by Gasteiger charge is 2.38. The van der Waals surface area contributed by atoms with Crippen molar-refractivity contribution in [2.45, 2.75) is 38.1 Å². The van der Waals surface area contributed by atoms with Crippen molar-refractivity contribution in [2.75, 3.05) is 6.54 Å². The quantitative estimate of drug-likeness (QED) is 0.922. The van der Waals surface area contributed by atoms with E-state index in [9.17, 15) is 4.79 Å². The molecule has 0 bridgehead atoms. The number of H-pyrrole nitrogens is 1. The summed E-state index contributed by atoms with van der Waals surface area (Å²) >= 11 is 1.66. The van der Waals surface area contributed by atoms with E-state index in [1.807, 2.05) is 23.6 Å². The minimum atomic E-state index is 0.100. The summed E-state index contributed by atoms with van der Waals surface area (Å²) in [5.74, 6) is 0.821. The van der Waals surface area contributed by atoms with Gasteiger partial charge in [-0.2, -0.15) is 5.10 Å². The van der Waals surface area contributed by atoms with Crippen LogP contribution in [0, 0.1) is 5.92 Å². The van der Waals surface area contributed by atoms with Gasteiger partial charge in [0.25, 0.3) is 5.91 Å². The Bertz CT molecular complexity index is 634. The number of carbonyl (C=O) groups excluding carboxylic acids is 1. The minimum absolute atomic E-state index is 0.100. The zero-order valence-corrected chi connectivity index (χ0v) is 12.7. The SMILES string of the molecule is O=C(c1cc(-c2cccs2)[nH]n1)N1CCC2CCCCC21. The number of nitrogens with zero attached hydrogens (tertiary/aromatic N) is 2. The molecule has 110 valence electrons. The summed E-state index contributed by atoms with van der Waals surface area (Å²) in [6.07, 6.45) is 6.20. The molecule has 1 amide bonds. The zero-order valence-electron chi connectivity index (χ0n) is 11.9. The van der Waals surface area contributed by atoms with Crippen LogP contribution in [0.25, 0.3) is 10.6 Å². The molecule has 4 rings (SSSR count). The molecule has 21 heavy (non-hydrogen) atoms. The predicted molar refractivity (Wildman–Crippen MR) is 83.3 cm³/mol. The van der Waals surface area contributed by atoms with Crippen LogP contribution >= 0.6 is 11.3 Å². The molecule has 3 heterocycles. The molecule has 1 saturated heterocycles. The molecule has 0 radical (unpaired) electrons. The Morgan fingerprint density at radius 1 is 1.33 bits per heavy atom. The summed E-state index contributed by atoms with van der Waals surface area (Å²) in [5, 5.41) is 9.27. The van der Waals surface area contributed by atoms with Crippen LogP contribution < -0.4 is 0 Å². The van der Waals surface area contributed by atoms with Crippen LogP contribution in [-0.2, 0) is 0 Å². The van der Waals surface area contributed by atoms with Crippen molar-refractivity contribution in [2.24, 2.45) is 5.92 Å². The van der Waals surface area contributed by atoms with E-state index in [0.29, 0.717) is 11.7 Å². The number of amides is 1. The molecule has 2 atom stereocenters. The molecule has 0 aromatic carbocycles. The molecule has 0 spiro atoms. The smallest absolute Gasteiger partial charge is 0.274 e. The van der Waals surface area contributed by atoms with Gasteiger partial charge in [0.15, 0.2) is 5.69 Å². The van der Waals surface area contributed by atoms with Crippen LogP contribution in [0.1, 0.15) is 42.6 Å². The first-order valence-corrected chi connectivity index (χ1v) is 8.61. The van der Waals surface area contributed by atoms with Crippen molar-refractivity contribution in [3.8, 4) is 10.6 Å². The number of aromatic amines is 1. The molecule has 1 aliphatic carbocycles. The summed E-state index contributed by atoms with van der Waals surface area (Å²) in [5.41, 5.74) is 1.50. The number of thiophene rings is 1. The Hall–Kier alpha value is -1.62.